The number of likely N-dealkylation sites (tertiary alicyclic amines) is 2. The average molecular weight is 266 g/mol. The first-order chi connectivity index (χ1) is 9.15. The molecule has 0 radical (unpaired) electrons. The Balaban J connectivity index is 1.88. The predicted octanol–water partition coefficient (Wildman–Crippen LogP) is 2.41. The van der Waals surface area contributed by atoms with Gasteiger partial charge in [0.1, 0.15) is 5.78 Å². The Labute approximate surface area is 118 Å². The molecule has 2 aliphatic rings. The molecule has 0 aromatic heterocycles. The van der Waals surface area contributed by atoms with Crippen LogP contribution < -0.4 is 0 Å². The van der Waals surface area contributed by atoms with Crippen LogP contribution in [-0.2, 0) is 4.79 Å². The highest BCUT2D eigenvalue weighted by Gasteiger charge is 2.26. The van der Waals surface area contributed by atoms with E-state index in [4.69, 9.17) is 0 Å². The zero-order valence-electron chi connectivity index (χ0n) is 12.7. The molecule has 0 aromatic carbocycles. The van der Waals surface area contributed by atoms with Crippen LogP contribution in [0.25, 0.3) is 0 Å². The van der Waals surface area contributed by atoms with Crippen LogP contribution >= 0.6 is 0 Å². The molecule has 0 N–H and O–H groups in total. The smallest absolute Gasteiger partial charge is 0.138 e. The van der Waals surface area contributed by atoms with Gasteiger partial charge < -0.3 is 9.80 Å². The number of hydrogen-bond donors (Lipinski definition) is 0. The van der Waals surface area contributed by atoms with E-state index in [-0.39, 0.29) is 5.92 Å². The summed E-state index contributed by atoms with van der Waals surface area (Å²) in [5.41, 5.74) is 0. The molecule has 2 aliphatic heterocycles. The van der Waals surface area contributed by atoms with Gasteiger partial charge in [-0.3, -0.25) is 4.79 Å². The van der Waals surface area contributed by atoms with Crippen LogP contribution in [0.4, 0.5) is 0 Å². The largest absolute Gasteiger partial charge is 0.303 e. The van der Waals surface area contributed by atoms with E-state index in [1.54, 1.807) is 0 Å². The number of nitrogens with zero attached hydrogens (tertiary/aromatic N) is 2. The quantitative estimate of drug-likeness (QED) is 0.707. The normalized spacial score (nSPS) is 21.9. The fourth-order valence-electron chi connectivity index (χ4n) is 3.38. The predicted molar refractivity (Wildman–Crippen MR) is 79.3 cm³/mol. The molecule has 2 saturated heterocycles. The second-order valence-corrected chi connectivity index (χ2v) is 6.78. The lowest BCUT2D eigenvalue weighted by molar-refractivity contribution is -0.124. The zero-order valence-corrected chi connectivity index (χ0v) is 12.7. The highest BCUT2D eigenvalue weighted by Crippen LogP contribution is 2.18. The van der Waals surface area contributed by atoms with Crippen LogP contribution in [0.3, 0.4) is 0 Å². The minimum absolute atomic E-state index is 0.249. The van der Waals surface area contributed by atoms with Gasteiger partial charge in [0.15, 0.2) is 0 Å². The van der Waals surface area contributed by atoms with Crippen LogP contribution in [0, 0.1) is 11.8 Å². The molecule has 110 valence electrons. The fourth-order valence-corrected chi connectivity index (χ4v) is 3.38. The molecule has 2 fully saturated rings. The Kier molecular flexibility index (Phi) is 5.83. The summed E-state index contributed by atoms with van der Waals surface area (Å²) in [4.78, 5) is 17.5. The second kappa shape index (κ2) is 7.39. The molecule has 0 amide bonds. The summed E-state index contributed by atoms with van der Waals surface area (Å²) in [7, 11) is 0. The maximum absolute atomic E-state index is 12.5. The van der Waals surface area contributed by atoms with Crippen molar-refractivity contribution in [3.63, 3.8) is 0 Å². The van der Waals surface area contributed by atoms with E-state index in [1.807, 2.05) is 0 Å². The summed E-state index contributed by atoms with van der Waals surface area (Å²) >= 11 is 0. The van der Waals surface area contributed by atoms with Gasteiger partial charge in [-0.1, -0.05) is 13.8 Å². The van der Waals surface area contributed by atoms with Gasteiger partial charge in [-0.2, -0.15) is 0 Å². The molecule has 3 heteroatoms. The van der Waals surface area contributed by atoms with Gasteiger partial charge in [0.05, 0.1) is 0 Å². The summed E-state index contributed by atoms with van der Waals surface area (Å²) in [5.74, 6) is 1.24. The zero-order chi connectivity index (χ0) is 13.7. The van der Waals surface area contributed by atoms with E-state index >= 15 is 0 Å². The van der Waals surface area contributed by atoms with Gasteiger partial charge in [-0.15, -0.1) is 0 Å². The van der Waals surface area contributed by atoms with Crippen LogP contribution in [0.5, 0.6) is 0 Å². The van der Waals surface area contributed by atoms with Gasteiger partial charge in [-0.05, 0) is 57.8 Å². The van der Waals surface area contributed by atoms with Gasteiger partial charge in [0.2, 0.25) is 0 Å². The monoisotopic (exact) mass is 266 g/mol. The molecule has 0 unspecified atom stereocenters. The lowest BCUT2D eigenvalue weighted by Gasteiger charge is -2.27. The first kappa shape index (κ1) is 15.0. The van der Waals surface area contributed by atoms with Crippen molar-refractivity contribution in [1.29, 1.82) is 0 Å². The van der Waals surface area contributed by atoms with Crippen molar-refractivity contribution in [2.24, 2.45) is 11.8 Å². The summed E-state index contributed by atoms with van der Waals surface area (Å²) in [6.07, 6.45) is 6.01. The van der Waals surface area contributed by atoms with E-state index in [2.05, 4.69) is 23.6 Å². The standard InChI is InChI=1S/C16H30N2O/c1-14(2)11-16(19)15(12-17-7-3-4-8-17)13-18-9-5-6-10-18/h14-15H,3-13H2,1-2H3. The van der Waals surface area contributed by atoms with Crippen molar-refractivity contribution in [2.45, 2.75) is 46.0 Å². The Morgan fingerprint density at radius 3 is 1.68 bits per heavy atom. The number of carbonyl (C=O) groups excluding carboxylic acids is 1. The van der Waals surface area contributed by atoms with E-state index in [0.717, 1.165) is 19.5 Å². The minimum atomic E-state index is 0.249. The average Bonchev–Trinajstić information content (AvgIpc) is 2.99. The maximum atomic E-state index is 12.5. The van der Waals surface area contributed by atoms with Crippen LogP contribution in [0.1, 0.15) is 46.0 Å². The summed E-state index contributed by atoms with van der Waals surface area (Å²) in [5, 5.41) is 0. The molecule has 2 rings (SSSR count). The second-order valence-electron chi connectivity index (χ2n) is 6.78. The lowest BCUT2D eigenvalue weighted by atomic mass is 9.95. The van der Waals surface area contributed by atoms with Gasteiger partial charge in [0.25, 0.3) is 0 Å². The number of ketones is 1. The number of Topliss-reactive ketones (excluding diaryl/α,β-unsaturated/α-hetero) is 1. The lowest BCUT2D eigenvalue weighted by Crippen LogP contribution is -2.39. The highest BCUT2D eigenvalue weighted by molar-refractivity contribution is 5.81. The SMILES string of the molecule is CC(C)CC(=O)C(CN1CCCC1)CN1CCCC1. The van der Waals surface area contributed by atoms with Crippen molar-refractivity contribution in [2.75, 3.05) is 39.3 Å². The number of hydrogen-bond acceptors (Lipinski definition) is 3. The molecule has 2 heterocycles. The van der Waals surface area contributed by atoms with E-state index in [0.29, 0.717) is 11.7 Å². The molecule has 19 heavy (non-hydrogen) atoms. The van der Waals surface area contributed by atoms with Gasteiger partial charge in [0, 0.05) is 25.4 Å². The molecule has 0 saturated carbocycles. The van der Waals surface area contributed by atoms with E-state index in [1.165, 1.54) is 51.9 Å². The van der Waals surface area contributed by atoms with Crippen LogP contribution in [0.15, 0.2) is 0 Å². The van der Waals surface area contributed by atoms with Crippen molar-refractivity contribution in [3.05, 3.63) is 0 Å². The Morgan fingerprint density at radius 2 is 1.32 bits per heavy atom. The van der Waals surface area contributed by atoms with Crippen LogP contribution in [0.2, 0.25) is 0 Å². The maximum Gasteiger partial charge on any atom is 0.138 e. The molecule has 0 aromatic rings. The summed E-state index contributed by atoms with van der Waals surface area (Å²) < 4.78 is 0. The summed E-state index contributed by atoms with van der Waals surface area (Å²) in [6.45, 7) is 11.1. The van der Waals surface area contributed by atoms with Crippen molar-refractivity contribution in [1.82, 2.24) is 9.80 Å². The fraction of sp³-hybridized carbons (Fsp3) is 0.938. The summed E-state index contributed by atoms with van der Waals surface area (Å²) in [6, 6.07) is 0. The Morgan fingerprint density at radius 1 is 0.895 bits per heavy atom. The minimum Gasteiger partial charge on any atom is -0.303 e. The van der Waals surface area contributed by atoms with E-state index < -0.39 is 0 Å². The van der Waals surface area contributed by atoms with Gasteiger partial charge >= 0.3 is 0 Å². The third-order valence-electron chi connectivity index (χ3n) is 4.42. The number of carbonyl (C=O) groups is 1. The Bertz CT molecular complexity index is 260. The van der Waals surface area contributed by atoms with Crippen molar-refractivity contribution < 1.29 is 4.79 Å². The Hall–Kier alpha value is -0.410. The van der Waals surface area contributed by atoms with Crippen molar-refractivity contribution in [3.8, 4) is 0 Å². The van der Waals surface area contributed by atoms with Gasteiger partial charge in [-0.25, -0.2) is 0 Å². The first-order valence-corrected chi connectivity index (χ1v) is 8.12. The molecule has 0 atom stereocenters. The molecule has 0 spiro atoms. The number of rotatable bonds is 7. The molecular formula is C16H30N2O. The van der Waals surface area contributed by atoms with Crippen LogP contribution in [-0.4, -0.2) is 54.9 Å². The molecule has 0 aliphatic carbocycles. The van der Waals surface area contributed by atoms with Crippen molar-refractivity contribution >= 4 is 5.78 Å². The van der Waals surface area contributed by atoms with E-state index in [9.17, 15) is 4.79 Å². The topological polar surface area (TPSA) is 23.6 Å². The third kappa shape index (κ3) is 4.88. The highest BCUT2D eigenvalue weighted by atomic mass is 16.1. The third-order valence-corrected chi connectivity index (χ3v) is 4.42. The molecular weight excluding hydrogens is 236 g/mol. The molecule has 3 nitrogen and oxygen atoms in total. The first-order valence-electron chi connectivity index (χ1n) is 8.12. The molecule has 0 bridgehead atoms.